The summed E-state index contributed by atoms with van der Waals surface area (Å²) in [5.74, 6) is 3.48. The molecule has 7 nitrogen and oxygen atoms in total. The fourth-order valence-electron chi connectivity index (χ4n) is 6.58. The number of benzene rings is 4. The van der Waals surface area contributed by atoms with E-state index >= 15 is 0 Å². The molecule has 0 saturated heterocycles. The molecule has 0 atom stereocenters. The zero-order valence-corrected chi connectivity index (χ0v) is 30.5. The van der Waals surface area contributed by atoms with E-state index in [2.05, 4.69) is 74.7 Å². The van der Waals surface area contributed by atoms with Gasteiger partial charge in [-0.05, 0) is 67.2 Å². The monoisotopic (exact) mass is 740 g/mol. The quantitative estimate of drug-likeness (QED) is 0.120. The van der Waals surface area contributed by atoms with Gasteiger partial charge in [-0.2, -0.15) is 17.2 Å². The number of pyridine rings is 1. The van der Waals surface area contributed by atoms with E-state index in [1.54, 1.807) is 14.2 Å². The van der Waals surface area contributed by atoms with Gasteiger partial charge in [-0.25, -0.2) is 4.98 Å². The largest absolute Gasteiger partial charge is 2.00 e. The van der Waals surface area contributed by atoms with Gasteiger partial charge >= 0.3 is 20.4 Å². The van der Waals surface area contributed by atoms with Gasteiger partial charge in [0, 0.05) is 34.2 Å². The predicted molar refractivity (Wildman–Crippen MR) is 191 cm³/mol. The molecule has 0 spiro atoms. The number of rotatable bonds is 7. The zero-order chi connectivity index (χ0) is 33.7. The molecular formula is C41H38N4O3Pd. The SMILES string of the molecule is COc1ccc(C)c(OC)c1-c1c(C)nn(-c2[c-]c(Oc3[c-]c4c(cc3)c3ccccc3n4-c3cc(C)ccn3)ccc2)c1C(C)(C)C.[Pd+2]. The summed E-state index contributed by atoms with van der Waals surface area (Å²) in [5.41, 5.74) is 8.33. The van der Waals surface area contributed by atoms with Crippen LogP contribution >= 0.6 is 0 Å². The summed E-state index contributed by atoms with van der Waals surface area (Å²) in [6.45, 7) is 12.7. The molecule has 0 aliphatic carbocycles. The Morgan fingerprint density at radius 2 is 1.53 bits per heavy atom. The first kappa shape index (κ1) is 34.0. The van der Waals surface area contributed by atoms with Crippen LogP contribution in [-0.2, 0) is 25.8 Å². The van der Waals surface area contributed by atoms with Gasteiger partial charge in [0.25, 0.3) is 0 Å². The van der Waals surface area contributed by atoms with E-state index < -0.39 is 0 Å². The Bertz CT molecular complexity index is 2330. The molecule has 8 heteroatoms. The number of methoxy groups -OCH3 is 2. The second-order valence-corrected chi connectivity index (χ2v) is 13.1. The van der Waals surface area contributed by atoms with E-state index in [0.29, 0.717) is 11.5 Å². The normalized spacial score (nSPS) is 11.5. The minimum atomic E-state index is -0.295. The van der Waals surface area contributed by atoms with E-state index in [-0.39, 0.29) is 25.8 Å². The maximum absolute atomic E-state index is 6.47. The summed E-state index contributed by atoms with van der Waals surface area (Å²) in [6, 6.07) is 33.4. The summed E-state index contributed by atoms with van der Waals surface area (Å²) in [6.07, 6.45) is 1.84. The maximum atomic E-state index is 6.47. The van der Waals surface area contributed by atoms with Crippen molar-refractivity contribution in [2.75, 3.05) is 14.2 Å². The maximum Gasteiger partial charge on any atom is 2.00 e. The van der Waals surface area contributed by atoms with Gasteiger partial charge in [0.05, 0.1) is 31.2 Å². The van der Waals surface area contributed by atoms with Gasteiger partial charge in [0.15, 0.2) is 0 Å². The molecule has 3 heterocycles. The van der Waals surface area contributed by atoms with E-state index in [1.807, 2.05) is 73.3 Å². The smallest absolute Gasteiger partial charge is 0.509 e. The summed E-state index contributed by atoms with van der Waals surface area (Å²) >= 11 is 0. The van der Waals surface area contributed by atoms with Crippen molar-refractivity contribution in [1.29, 1.82) is 0 Å². The van der Waals surface area contributed by atoms with Crippen LogP contribution in [-0.4, -0.2) is 33.6 Å². The van der Waals surface area contributed by atoms with Crippen molar-refractivity contribution in [2.45, 2.75) is 47.0 Å². The first-order chi connectivity index (χ1) is 23.1. The van der Waals surface area contributed by atoms with Crippen LogP contribution in [0.4, 0.5) is 0 Å². The number of fused-ring (bicyclic) bond motifs is 3. The Balaban J connectivity index is 0.00000417. The van der Waals surface area contributed by atoms with Crippen molar-refractivity contribution in [3.05, 3.63) is 120 Å². The average molecular weight is 741 g/mol. The molecule has 0 unspecified atom stereocenters. The number of para-hydroxylation sites is 1. The van der Waals surface area contributed by atoms with E-state index in [9.17, 15) is 0 Å². The van der Waals surface area contributed by atoms with Crippen LogP contribution in [0, 0.1) is 32.9 Å². The Morgan fingerprint density at radius 3 is 2.27 bits per heavy atom. The predicted octanol–water partition coefficient (Wildman–Crippen LogP) is 9.66. The third-order valence-electron chi connectivity index (χ3n) is 8.65. The average Bonchev–Trinajstić information content (AvgIpc) is 3.59. The third-order valence-corrected chi connectivity index (χ3v) is 8.65. The fraction of sp³-hybridized carbons (Fsp3) is 0.220. The number of hydrogen-bond acceptors (Lipinski definition) is 5. The summed E-state index contributed by atoms with van der Waals surface area (Å²) < 4.78 is 22.4. The van der Waals surface area contributed by atoms with Gasteiger partial charge < -0.3 is 18.8 Å². The number of aromatic nitrogens is 4. The molecule has 7 aromatic rings. The topological polar surface area (TPSA) is 63.3 Å². The summed E-state index contributed by atoms with van der Waals surface area (Å²) in [5, 5.41) is 7.28. The van der Waals surface area contributed by atoms with Crippen molar-refractivity contribution in [1.82, 2.24) is 19.3 Å². The molecule has 0 N–H and O–H groups in total. The molecule has 0 amide bonds. The van der Waals surface area contributed by atoms with Crippen LogP contribution in [0.1, 0.15) is 43.3 Å². The zero-order valence-electron chi connectivity index (χ0n) is 28.9. The Labute approximate surface area is 301 Å². The molecule has 0 bridgehead atoms. The molecule has 7 rings (SSSR count). The molecule has 0 fully saturated rings. The van der Waals surface area contributed by atoms with Crippen molar-refractivity contribution in [2.24, 2.45) is 0 Å². The molecule has 4 aromatic carbocycles. The van der Waals surface area contributed by atoms with Gasteiger partial charge in [-0.15, -0.1) is 35.7 Å². The van der Waals surface area contributed by atoms with Gasteiger partial charge in [-0.3, -0.25) is 4.68 Å². The molecule has 250 valence electrons. The van der Waals surface area contributed by atoms with Crippen LogP contribution < -0.4 is 14.2 Å². The van der Waals surface area contributed by atoms with Crippen molar-refractivity contribution in [3.8, 4) is 45.6 Å². The summed E-state index contributed by atoms with van der Waals surface area (Å²) in [7, 11) is 3.38. The van der Waals surface area contributed by atoms with E-state index in [0.717, 1.165) is 78.5 Å². The second kappa shape index (κ2) is 13.2. The van der Waals surface area contributed by atoms with Crippen molar-refractivity contribution >= 4 is 21.8 Å². The van der Waals surface area contributed by atoms with Crippen LogP contribution in [0.15, 0.2) is 85.1 Å². The Kier molecular flexibility index (Phi) is 9.15. The van der Waals surface area contributed by atoms with E-state index in [1.165, 1.54) is 0 Å². The molecule has 0 radical (unpaired) electrons. The van der Waals surface area contributed by atoms with Gasteiger partial charge in [0.2, 0.25) is 0 Å². The third kappa shape index (κ3) is 6.01. The van der Waals surface area contributed by atoms with Crippen molar-refractivity contribution < 1.29 is 34.6 Å². The van der Waals surface area contributed by atoms with Crippen LogP contribution in [0.2, 0.25) is 0 Å². The van der Waals surface area contributed by atoms with Crippen LogP contribution in [0.3, 0.4) is 0 Å². The van der Waals surface area contributed by atoms with Gasteiger partial charge in [0.1, 0.15) is 17.3 Å². The molecule has 0 aliphatic rings. The Morgan fingerprint density at radius 1 is 0.755 bits per heavy atom. The van der Waals surface area contributed by atoms with Crippen LogP contribution in [0.5, 0.6) is 23.0 Å². The molecule has 3 aromatic heterocycles. The number of nitrogens with zero attached hydrogens (tertiary/aromatic N) is 4. The second-order valence-electron chi connectivity index (χ2n) is 13.1. The van der Waals surface area contributed by atoms with E-state index in [4.69, 9.17) is 24.3 Å². The minimum Gasteiger partial charge on any atom is -0.509 e. The fourth-order valence-corrected chi connectivity index (χ4v) is 6.58. The minimum absolute atomic E-state index is 0. The number of aryl methyl sites for hydroxylation is 3. The molecular weight excluding hydrogens is 703 g/mol. The molecule has 49 heavy (non-hydrogen) atoms. The first-order valence-corrected chi connectivity index (χ1v) is 16.0. The van der Waals surface area contributed by atoms with Crippen LogP contribution in [0.25, 0.3) is 44.4 Å². The molecule has 0 saturated carbocycles. The standard InChI is InChI=1S/C41H38N4O3.Pd/c1-25-20-21-42-36(22-25)44-33-15-10-9-14-31(33)32-18-17-30(24-34(32)44)48-29-13-11-12-28(23-29)45-40(41(4,5)6)37(27(3)43-45)38-35(46-7)19-16-26(2)39(38)47-8;/h9-22H,1-8H3;/q-2;+2. The number of hydrogen-bond donors (Lipinski definition) is 0. The first-order valence-electron chi connectivity index (χ1n) is 16.0. The Hall–Kier alpha value is -4.90. The molecule has 0 aliphatic heterocycles. The van der Waals surface area contributed by atoms with Crippen molar-refractivity contribution in [3.63, 3.8) is 0 Å². The summed E-state index contributed by atoms with van der Waals surface area (Å²) in [4.78, 5) is 4.70. The number of ether oxygens (including phenoxy) is 3. The van der Waals surface area contributed by atoms with Gasteiger partial charge in [-0.1, -0.05) is 50.6 Å².